The van der Waals surface area contributed by atoms with E-state index in [1.165, 1.54) is 27.9 Å². The van der Waals surface area contributed by atoms with Crippen molar-refractivity contribution in [3.8, 4) is 11.5 Å². The summed E-state index contributed by atoms with van der Waals surface area (Å²) in [4.78, 5) is 4.79. The number of rotatable bonds is 8. The first-order valence-electron chi connectivity index (χ1n) is 14.3. The van der Waals surface area contributed by atoms with Gasteiger partial charge in [-0.25, -0.2) is 0 Å². The second-order valence-electron chi connectivity index (χ2n) is 11.0. The van der Waals surface area contributed by atoms with Crippen LogP contribution in [0.3, 0.4) is 0 Å². The van der Waals surface area contributed by atoms with Gasteiger partial charge in [0.1, 0.15) is 6.61 Å². The van der Waals surface area contributed by atoms with Gasteiger partial charge in [-0.05, 0) is 108 Å². The molecule has 0 bridgehead atoms. The Hall–Kier alpha value is -3.58. The standard InChI is InChI=1S/C36H35IN2O2/c1-4-40-34-20-25(19-32(37)36(34)41-22-26-17-23(2)16-24(3)18-26)21-38-28-14-12-27(13-15-28)35-31-10-7-9-29(31)30-8-5-6-11-33(30)39-35/h5-9,11-21,29,31,35,39H,4,10,22H2,1-3H3/t29-,31+,35-/m0/s1. The number of hydrogen-bond acceptors (Lipinski definition) is 4. The maximum Gasteiger partial charge on any atom is 0.175 e. The molecule has 3 atom stereocenters. The highest BCUT2D eigenvalue weighted by Gasteiger charge is 2.37. The van der Waals surface area contributed by atoms with Crippen molar-refractivity contribution in [2.75, 3.05) is 11.9 Å². The third-order valence-electron chi connectivity index (χ3n) is 7.88. The highest BCUT2D eigenvalue weighted by Crippen LogP contribution is 2.49. The second-order valence-corrected chi connectivity index (χ2v) is 12.1. The van der Waals surface area contributed by atoms with Crippen LogP contribution >= 0.6 is 22.6 Å². The van der Waals surface area contributed by atoms with Gasteiger partial charge in [0.05, 0.1) is 21.9 Å². The molecular formula is C36H35IN2O2. The zero-order valence-corrected chi connectivity index (χ0v) is 25.9. The molecule has 1 heterocycles. The molecule has 0 saturated heterocycles. The highest BCUT2D eigenvalue weighted by atomic mass is 127. The summed E-state index contributed by atoms with van der Waals surface area (Å²) >= 11 is 2.32. The average Bonchev–Trinajstić information content (AvgIpc) is 3.46. The average molecular weight is 655 g/mol. The van der Waals surface area contributed by atoms with Crippen LogP contribution in [0.5, 0.6) is 11.5 Å². The zero-order valence-electron chi connectivity index (χ0n) is 23.7. The number of halogens is 1. The molecule has 0 spiro atoms. The minimum atomic E-state index is 0.287. The molecule has 1 aliphatic heterocycles. The van der Waals surface area contributed by atoms with E-state index in [-0.39, 0.29) is 6.04 Å². The maximum atomic E-state index is 6.27. The lowest BCUT2D eigenvalue weighted by Crippen LogP contribution is -2.28. The molecule has 0 amide bonds. The van der Waals surface area contributed by atoms with Crippen LogP contribution in [0.1, 0.15) is 58.7 Å². The third kappa shape index (κ3) is 6.05. The second kappa shape index (κ2) is 12.1. The number of fused-ring (bicyclic) bond motifs is 3. The van der Waals surface area contributed by atoms with Crippen LogP contribution in [0.2, 0.25) is 0 Å². The molecule has 5 heteroatoms. The zero-order chi connectivity index (χ0) is 28.3. The number of allylic oxidation sites excluding steroid dienone is 2. The quantitative estimate of drug-likeness (QED) is 0.117. The van der Waals surface area contributed by atoms with Crippen molar-refractivity contribution in [2.24, 2.45) is 10.9 Å². The summed E-state index contributed by atoms with van der Waals surface area (Å²) < 4.78 is 13.3. The van der Waals surface area contributed by atoms with Crippen molar-refractivity contribution in [1.82, 2.24) is 0 Å². The maximum absolute atomic E-state index is 6.27. The predicted octanol–water partition coefficient (Wildman–Crippen LogP) is 9.46. The molecule has 0 aromatic heterocycles. The molecule has 4 aromatic rings. The van der Waals surface area contributed by atoms with Crippen LogP contribution in [0.15, 0.2) is 96.0 Å². The summed E-state index contributed by atoms with van der Waals surface area (Å²) in [5.41, 5.74) is 9.49. The molecular weight excluding hydrogens is 619 g/mol. The molecule has 208 valence electrons. The van der Waals surface area contributed by atoms with E-state index in [0.29, 0.717) is 25.0 Å². The van der Waals surface area contributed by atoms with E-state index < -0.39 is 0 Å². The predicted molar refractivity (Wildman–Crippen MR) is 177 cm³/mol. The molecule has 0 saturated carbocycles. The van der Waals surface area contributed by atoms with Crippen molar-refractivity contribution >= 4 is 40.2 Å². The van der Waals surface area contributed by atoms with Crippen LogP contribution in [0, 0.1) is 23.3 Å². The Morgan fingerprint density at radius 2 is 1.73 bits per heavy atom. The Kier molecular flexibility index (Phi) is 8.15. The number of benzene rings is 4. The summed E-state index contributed by atoms with van der Waals surface area (Å²) in [6.45, 7) is 7.28. The number of ether oxygens (including phenoxy) is 2. The molecule has 4 nitrogen and oxygen atoms in total. The van der Waals surface area contributed by atoms with Gasteiger partial charge in [0.15, 0.2) is 11.5 Å². The molecule has 0 unspecified atom stereocenters. The van der Waals surface area contributed by atoms with Gasteiger partial charge in [-0.1, -0.05) is 71.8 Å². The SMILES string of the molecule is CCOc1cc(C=Nc2ccc([C@@H]3Nc4ccccc4[C@@H]4C=CC[C@H]43)cc2)cc(I)c1OCc1cc(C)cc(C)c1. The number of anilines is 1. The van der Waals surface area contributed by atoms with Crippen molar-refractivity contribution in [3.63, 3.8) is 0 Å². The van der Waals surface area contributed by atoms with E-state index in [1.807, 2.05) is 19.2 Å². The lowest BCUT2D eigenvalue weighted by Gasteiger charge is -2.37. The van der Waals surface area contributed by atoms with Gasteiger partial charge < -0.3 is 14.8 Å². The Balaban J connectivity index is 1.18. The van der Waals surface area contributed by atoms with Gasteiger partial charge in [-0.15, -0.1) is 0 Å². The number of aliphatic imine (C=N–C) groups is 1. The minimum absolute atomic E-state index is 0.287. The Bertz CT molecular complexity index is 1590. The number of hydrogen-bond donors (Lipinski definition) is 1. The first kappa shape index (κ1) is 27.6. The fourth-order valence-electron chi connectivity index (χ4n) is 6.16. The molecule has 41 heavy (non-hydrogen) atoms. The van der Waals surface area contributed by atoms with Crippen LogP contribution < -0.4 is 14.8 Å². The molecule has 0 fully saturated rings. The Morgan fingerprint density at radius 1 is 0.951 bits per heavy atom. The lowest BCUT2D eigenvalue weighted by molar-refractivity contribution is 0.267. The normalized spacial score (nSPS) is 19.1. The topological polar surface area (TPSA) is 42.8 Å². The number of para-hydroxylation sites is 1. The fraction of sp³-hybridized carbons (Fsp3) is 0.250. The first-order valence-corrected chi connectivity index (χ1v) is 15.4. The summed E-state index contributed by atoms with van der Waals surface area (Å²) in [7, 11) is 0. The summed E-state index contributed by atoms with van der Waals surface area (Å²) in [6, 6.07) is 28.3. The van der Waals surface area contributed by atoms with E-state index in [4.69, 9.17) is 14.5 Å². The summed E-state index contributed by atoms with van der Waals surface area (Å²) in [5, 5.41) is 3.81. The molecule has 0 radical (unpaired) electrons. The van der Waals surface area contributed by atoms with Gasteiger partial charge >= 0.3 is 0 Å². The van der Waals surface area contributed by atoms with E-state index in [9.17, 15) is 0 Å². The third-order valence-corrected chi connectivity index (χ3v) is 8.68. The molecule has 6 rings (SSSR count). The number of aryl methyl sites for hydroxylation is 2. The minimum Gasteiger partial charge on any atom is -0.490 e. The first-order chi connectivity index (χ1) is 20.0. The fourth-order valence-corrected chi connectivity index (χ4v) is 6.94. The van der Waals surface area contributed by atoms with E-state index in [2.05, 4.69) is 127 Å². The summed E-state index contributed by atoms with van der Waals surface area (Å²) in [5.74, 6) is 2.53. The van der Waals surface area contributed by atoms with Crippen LogP contribution in [-0.2, 0) is 6.61 Å². The van der Waals surface area contributed by atoms with E-state index in [0.717, 1.165) is 38.3 Å². The van der Waals surface area contributed by atoms with Gasteiger partial charge in [-0.3, -0.25) is 4.99 Å². The van der Waals surface area contributed by atoms with Gasteiger partial charge in [0, 0.05) is 17.8 Å². The molecule has 1 aliphatic carbocycles. The van der Waals surface area contributed by atoms with Crippen LogP contribution in [-0.4, -0.2) is 12.8 Å². The highest BCUT2D eigenvalue weighted by molar-refractivity contribution is 14.1. The van der Waals surface area contributed by atoms with Crippen LogP contribution in [0.25, 0.3) is 0 Å². The lowest BCUT2D eigenvalue weighted by atomic mass is 9.77. The largest absolute Gasteiger partial charge is 0.490 e. The van der Waals surface area contributed by atoms with Crippen molar-refractivity contribution in [1.29, 1.82) is 0 Å². The van der Waals surface area contributed by atoms with E-state index >= 15 is 0 Å². The smallest absolute Gasteiger partial charge is 0.175 e. The van der Waals surface area contributed by atoms with Crippen LogP contribution in [0.4, 0.5) is 11.4 Å². The molecule has 2 aliphatic rings. The van der Waals surface area contributed by atoms with Crippen molar-refractivity contribution < 1.29 is 9.47 Å². The van der Waals surface area contributed by atoms with Crippen molar-refractivity contribution in [2.45, 2.75) is 45.8 Å². The Morgan fingerprint density at radius 3 is 2.51 bits per heavy atom. The number of nitrogens with one attached hydrogen (secondary N) is 1. The summed E-state index contributed by atoms with van der Waals surface area (Å²) in [6.07, 6.45) is 7.72. The molecule has 4 aromatic carbocycles. The monoisotopic (exact) mass is 654 g/mol. The Labute approximate surface area is 256 Å². The van der Waals surface area contributed by atoms with E-state index in [1.54, 1.807) is 0 Å². The van der Waals surface area contributed by atoms with Gasteiger partial charge in [0.2, 0.25) is 0 Å². The van der Waals surface area contributed by atoms with Gasteiger partial charge in [-0.2, -0.15) is 0 Å². The van der Waals surface area contributed by atoms with Crippen molar-refractivity contribution in [3.05, 3.63) is 128 Å². The number of nitrogens with zero attached hydrogens (tertiary/aromatic N) is 1. The molecule has 1 N–H and O–H groups in total. The van der Waals surface area contributed by atoms with Gasteiger partial charge in [0.25, 0.3) is 0 Å².